The molecule has 10 nitrogen and oxygen atoms in total. The molecule has 5 amide bonds. The summed E-state index contributed by atoms with van der Waals surface area (Å²) in [6, 6.07) is 4.05. The number of ether oxygens (including phenoxy) is 2. The summed E-state index contributed by atoms with van der Waals surface area (Å²) in [4.78, 5) is 51.0. The zero-order chi connectivity index (χ0) is 23.1. The third-order valence-corrected chi connectivity index (χ3v) is 6.56. The second-order valence-corrected chi connectivity index (χ2v) is 9.61. The van der Waals surface area contributed by atoms with E-state index in [9.17, 15) is 19.2 Å². The lowest BCUT2D eigenvalue weighted by atomic mass is 9.67. The predicted molar refractivity (Wildman–Crippen MR) is 113 cm³/mol. The smallest absolute Gasteiger partial charge is 0.325 e. The van der Waals surface area contributed by atoms with E-state index >= 15 is 0 Å². The predicted octanol–water partition coefficient (Wildman–Crippen LogP) is 1.70. The number of fused-ring (bicyclic) bond motifs is 1. The minimum atomic E-state index is -0.936. The molecule has 0 unspecified atom stereocenters. The van der Waals surface area contributed by atoms with E-state index in [0.717, 1.165) is 17.7 Å². The van der Waals surface area contributed by atoms with E-state index in [-0.39, 0.29) is 23.7 Å². The van der Waals surface area contributed by atoms with Crippen LogP contribution in [0.3, 0.4) is 0 Å². The highest BCUT2D eigenvalue weighted by molar-refractivity contribution is 6.09. The van der Waals surface area contributed by atoms with Gasteiger partial charge in [-0.1, -0.05) is 20.8 Å². The molecular formula is C22H28N4O6. The molecular weight excluding hydrogens is 416 g/mol. The molecule has 1 aromatic rings. The number of urea groups is 1. The number of hydrazine groups is 1. The summed E-state index contributed by atoms with van der Waals surface area (Å²) in [5.41, 5.74) is 4.00. The zero-order valence-corrected chi connectivity index (χ0v) is 18.4. The lowest BCUT2D eigenvalue weighted by molar-refractivity contribution is -0.136. The van der Waals surface area contributed by atoms with Crippen LogP contribution in [-0.4, -0.2) is 47.5 Å². The van der Waals surface area contributed by atoms with Crippen LogP contribution in [0.4, 0.5) is 4.79 Å². The van der Waals surface area contributed by atoms with Crippen LogP contribution in [0.5, 0.6) is 11.5 Å². The minimum absolute atomic E-state index is 0.0847. The van der Waals surface area contributed by atoms with Gasteiger partial charge in [-0.15, -0.1) is 0 Å². The second kappa shape index (κ2) is 7.99. The summed E-state index contributed by atoms with van der Waals surface area (Å²) >= 11 is 0. The first-order chi connectivity index (χ1) is 15.1. The van der Waals surface area contributed by atoms with E-state index in [1.165, 1.54) is 12.1 Å². The average Bonchev–Trinajstić information content (AvgIpc) is 3.30. The fourth-order valence-electron chi connectivity index (χ4n) is 4.55. The fraction of sp³-hybridized carbons (Fsp3) is 0.545. The number of hydrogen-bond donors (Lipinski definition) is 3. The Kier molecular flexibility index (Phi) is 5.47. The van der Waals surface area contributed by atoms with E-state index in [2.05, 4.69) is 36.9 Å². The van der Waals surface area contributed by atoms with Crippen LogP contribution in [0.25, 0.3) is 0 Å². The summed E-state index contributed by atoms with van der Waals surface area (Å²) < 4.78 is 10.4. The first-order valence-electron chi connectivity index (χ1n) is 10.7. The molecule has 0 atom stereocenters. The molecule has 10 heteroatoms. The molecule has 172 valence electrons. The summed E-state index contributed by atoms with van der Waals surface area (Å²) in [5, 5.41) is 2.81. The van der Waals surface area contributed by atoms with Crippen molar-refractivity contribution >= 4 is 23.8 Å². The maximum absolute atomic E-state index is 13.0. The molecule has 1 aromatic carbocycles. The van der Waals surface area contributed by atoms with Crippen molar-refractivity contribution < 1.29 is 28.7 Å². The van der Waals surface area contributed by atoms with Gasteiger partial charge in [-0.2, -0.15) is 0 Å². The molecule has 2 fully saturated rings. The molecule has 1 spiro atoms. The van der Waals surface area contributed by atoms with Gasteiger partial charge in [0, 0.05) is 5.56 Å². The van der Waals surface area contributed by atoms with E-state index in [1.807, 2.05) is 0 Å². The Morgan fingerprint density at radius 1 is 1.12 bits per heavy atom. The van der Waals surface area contributed by atoms with Gasteiger partial charge in [-0.25, -0.2) is 4.79 Å². The molecule has 32 heavy (non-hydrogen) atoms. The van der Waals surface area contributed by atoms with Gasteiger partial charge in [0.05, 0.1) is 0 Å². The molecule has 3 aliphatic rings. The van der Waals surface area contributed by atoms with Crippen molar-refractivity contribution in [2.24, 2.45) is 11.3 Å². The molecule has 2 heterocycles. The molecule has 3 N–H and O–H groups in total. The highest BCUT2D eigenvalue weighted by atomic mass is 16.7. The van der Waals surface area contributed by atoms with Gasteiger partial charge in [0.2, 0.25) is 6.79 Å². The first-order valence-corrected chi connectivity index (χ1v) is 10.7. The lowest BCUT2D eigenvalue weighted by Crippen LogP contribution is -2.51. The lowest BCUT2D eigenvalue weighted by Gasteiger charge is -2.40. The Balaban J connectivity index is 1.31. The molecule has 0 bridgehead atoms. The van der Waals surface area contributed by atoms with Crippen LogP contribution >= 0.6 is 0 Å². The Bertz CT molecular complexity index is 962. The van der Waals surface area contributed by atoms with Gasteiger partial charge in [0.25, 0.3) is 17.7 Å². The number of carbonyl (C=O) groups excluding carboxylic acids is 4. The fourth-order valence-corrected chi connectivity index (χ4v) is 4.55. The van der Waals surface area contributed by atoms with Crippen LogP contribution < -0.4 is 25.6 Å². The Morgan fingerprint density at radius 2 is 1.81 bits per heavy atom. The molecule has 4 rings (SSSR count). The van der Waals surface area contributed by atoms with Gasteiger partial charge in [-0.05, 0) is 55.2 Å². The number of imide groups is 1. The molecule has 1 aliphatic carbocycles. The van der Waals surface area contributed by atoms with Gasteiger partial charge < -0.3 is 14.8 Å². The van der Waals surface area contributed by atoms with Gasteiger partial charge in [-0.3, -0.25) is 30.1 Å². The average molecular weight is 444 g/mol. The summed E-state index contributed by atoms with van der Waals surface area (Å²) in [6.45, 7) is 6.15. The number of rotatable bonds is 3. The largest absolute Gasteiger partial charge is 0.454 e. The minimum Gasteiger partial charge on any atom is -0.454 e. The SMILES string of the molecule is CC(C)(C)C1CCC2(CC1)NC(=O)N(CC(=O)NNC(=O)c1ccc3c(c1)OCO3)C2=O. The molecule has 1 saturated heterocycles. The van der Waals surface area contributed by atoms with Crippen LogP contribution in [0.15, 0.2) is 18.2 Å². The Hall–Kier alpha value is -3.30. The summed E-state index contributed by atoms with van der Waals surface area (Å²) in [6.07, 6.45) is 2.78. The number of nitrogens with zero attached hydrogens (tertiary/aromatic N) is 1. The highest BCUT2D eigenvalue weighted by Crippen LogP contribution is 2.43. The van der Waals surface area contributed by atoms with Crippen LogP contribution in [0.1, 0.15) is 56.8 Å². The molecule has 0 radical (unpaired) electrons. The number of benzene rings is 1. The Labute approximate surface area is 186 Å². The van der Waals surface area contributed by atoms with Crippen molar-refractivity contribution in [2.75, 3.05) is 13.3 Å². The number of amides is 5. The monoisotopic (exact) mass is 444 g/mol. The van der Waals surface area contributed by atoms with E-state index < -0.39 is 29.9 Å². The maximum Gasteiger partial charge on any atom is 0.325 e. The van der Waals surface area contributed by atoms with E-state index in [0.29, 0.717) is 30.3 Å². The van der Waals surface area contributed by atoms with E-state index in [1.54, 1.807) is 6.07 Å². The van der Waals surface area contributed by atoms with Crippen LogP contribution in [0, 0.1) is 11.3 Å². The number of carbonyl (C=O) groups is 4. The molecule has 2 aliphatic heterocycles. The van der Waals surface area contributed by atoms with Crippen molar-refractivity contribution in [3.63, 3.8) is 0 Å². The van der Waals surface area contributed by atoms with Crippen molar-refractivity contribution in [2.45, 2.75) is 52.0 Å². The van der Waals surface area contributed by atoms with Crippen molar-refractivity contribution in [3.05, 3.63) is 23.8 Å². The quantitative estimate of drug-likeness (QED) is 0.481. The van der Waals surface area contributed by atoms with Crippen LogP contribution in [-0.2, 0) is 9.59 Å². The number of nitrogens with one attached hydrogen (secondary N) is 3. The van der Waals surface area contributed by atoms with Gasteiger partial charge >= 0.3 is 6.03 Å². The zero-order valence-electron chi connectivity index (χ0n) is 18.4. The normalized spacial score (nSPS) is 24.5. The third kappa shape index (κ3) is 4.09. The standard InChI is InChI=1S/C22H28N4O6/c1-21(2,3)14-6-8-22(9-7-14)19(29)26(20(30)23-22)11-17(27)24-25-18(28)13-4-5-15-16(10-13)32-12-31-15/h4-5,10,14H,6-9,11-12H2,1-3H3,(H,23,30)(H,24,27)(H,25,28). The third-order valence-electron chi connectivity index (χ3n) is 6.56. The van der Waals surface area contributed by atoms with Crippen molar-refractivity contribution in [1.29, 1.82) is 0 Å². The van der Waals surface area contributed by atoms with Crippen LogP contribution in [0.2, 0.25) is 0 Å². The van der Waals surface area contributed by atoms with Gasteiger partial charge in [0.1, 0.15) is 12.1 Å². The topological polar surface area (TPSA) is 126 Å². The molecule has 1 saturated carbocycles. The molecule has 0 aromatic heterocycles. The Morgan fingerprint density at radius 3 is 2.50 bits per heavy atom. The summed E-state index contributed by atoms with van der Waals surface area (Å²) in [7, 11) is 0. The van der Waals surface area contributed by atoms with Crippen molar-refractivity contribution in [1.82, 2.24) is 21.1 Å². The summed E-state index contributed by atoms with van der Waals surface area (Å²) in [5.74, 6) is -0.174. The number of hydrogen-bond acceptors (Lipinski definition) is 6. The van der Waals surface area contributed by atoms with Crippen molar-refractivity contribution in [3.8, 4) is 11.5 Å². The second-order valence-electron chi connectivity index (χ2n) is 9.61. The van der Waals surface area contributed by atoms with E-state index in [4.69, 9.17) is 9.47 Å². The highest BCUT2D eigenvalue weighted by Gasteiger charge is 2.53. The maximum atomic E-state index is 13.0. The first kappa shape index (κ1) is 21.9. The van der Waals surface area contributed by atoms with Gasteiger partial charge in [0.15, 0.2) is 11.5 Å².